The maximum atomic E-state index is 13.1. The average Bonchev–Trinajstić information content (AvgIpc) is 2.68. The third kappa shape index (κ3) is 5.47. The Labute approximate surface area is 164 Å². The molecule has 1 unspecified atom stereocenters. The zero-order valence-electron chi connectivity index (χ0n) is 16.3. The monoisotopic (exact) mass is 390 g/mol. The van der Waals surface area contributed by atoms with Crippen LogP contribution in [0.4, 0.5) is 13.2 Å². The molecule has 0 N–H and O–H groups in total. The summed E-state index contributed by atoms with van der Waals surface area (Å²) >= 11 is 0. The molecular formula is C23H25F3O2. The highest BCUT2D eigenvalue weighted by Gasteiger charge is 2.40. The van der Waals surface area contributed by atoms with Crippen molar-refractivity contribution in [1.29, 1.82) is 0 Å². The number of benzene rings is 2. The summed E-state index contributed by atoms with van der Waals surface area (Å²) in [6.45, 7) is 4.03. The van der Waals surface area contributed by atoms with Crippen LogP contribution in [0.1, 0.15) is 49.3 Å². The predicted molar refractivity (Wildman–Crippen MR) is 106 cm³/mol. The lowest BCUT2D eigenvalue weighted by Crippen LogP contribution is -2.24. The molecule has 2 rings (SSSR count). The fourth-order valence-electron chi connectivity index (χ4n) is 3.21. The lowest BCUT2D eigenvalue weighted by atomic mass is 9.89. The van der Waals surface area contributed by atoms with Crippen LogP contribution >= 0.6 is 0 Å². The average molecular weight is 390 g/mol. The van der Waals surface area contributed by atoms with Crippen molar-refractivity contribution in [3.05, 3.63) is 71.3 Å². The number of halogens is 3. The van der Waals surface area contributed by atoms with Crippen LogP contribution in [0.25, 0.3) is 5.57 Å². The second-order valence-corrected chi connectivity index (χ2v) is 6.76. The minimum atomic E-state index is -4.90. The maximum absolute atomic E-state index is 13.1. The number of Topliss-reactive ketones (excluding diaryl/α,β-unsaturated/α-hetero) is 1. The highest BCUT2D eigenvalue weighted by molar-refractivity contribution is 6.23. The number of aryl methyl sites for hydroxylation is 1. The molecule has 0 saturated heterocycles. The van der Waals surface area contributed by atoms with Crippen LogP contribution in [-0.2, 0) is 11.2 Å². The van der Waals surface area contributed by atoms with Gasteiger partial charge in [-0.05, 0) is 47.6 Å². The zero-order chi connectivity index (χ0) is 20.7. The van der Waals surface area contributed by atoms with Crippen molar-refractivity contribution >= 4 is 11.4 Å². The molecule has 2 aromatic rings. The zero-order valence-corrected chi connectivity index (χ0v) is 16.3. The highest BCUT2D eigenvalue weighted by Crippen LogP contribution is 2.31. The molecule has 0 radical (unpaired) electrons. The molecule has 2 aromatic carbocycles. The molecule has 0 heterocycles. The van der Waals surface area contributed by atoms with E-state index < -0.39 is 12.0 Å². The van der Waals surface area contributed by atoms with E-state index in [0.29, 0.717) is 6.42 Å². The Morgan fingerprint density at radius 1 is 1.14 bits per heavy atom. The molecule has 0 fully saturated rings. The van der Waals surface area contributed by atoms with Crippen molar-refractivity contribution in [1.82, 2.24) is 0 Å². The number of allylic oxidation sites excluding steroid dienone is 2. The van der Waals surface area contributed by atoms with E-state index in [-0.39, 0.29) is 17.1 Å². The Balaban J connectivity index is 2.35. The molecule has 2 nitrogen and oxygen atoms in total. The molecule has 0 aliphatic rings. The van der Waals surface area contributed by atoms with Gasteiger partial charge in [0.15, 0.2) is 0 Å². The standard InChI is InChI=1S/C23H25F3O2/c1-4-8-18-15-19(28-3)12-14-20(18)16(2)11-13-21(22(27)23(24,25)26)17-9-6-5-7-10-17/h5-7,9-10,12-16H,4,8,11H2,1-3H3/b21-13-. The number of methoxy groups -OCH3 is 1. The van der Waals surface area contributed by atoms with Crippen LogP contribution in [0.15, 0.2) is 54.6 Å². The summed E-state index contributed by atoms with van der Waals surface area (Å²) in [5.74, 6) is -1.09. The normalized spacial score (nSPS) is 13.3. The lowest BCUT2D eigenvalue weighted by molar-refractivity contribution is -0.164. The Hall–Kier alpha value is -2.56. The minimum absolute atomic E-state index is 0.0350. The SMILES string of the molecule is CCCc1cc(OC)ccc1C(C)C/C=C(\C(=O)C(F)(F)F)c1ccccc1. The van der Waals surface area contributed by atoms with Crippen molar-refractivity contribution in [2.75, 3.05) is 7.11 Å². The molecule has 0 bridgehead atoms. The first-order chi connectivity index (χ1) is 13.3. The second kappa shape index (κ2) is 9.58. The number of carbonyl (C=O) groups is 1. The van der Waals surface area contributed by atoms with Crippen LogP contribution in [-0.4, -0.2) is 19.1 Å². The van der Waals surface area contributed by atoms with E-state index in [4.69, 9.17) is 4.74 Å². The van der Waals surface area contributed by atoms with Crippen molar-refractivity contribution in [3.63, 3.8) is 0 Å². The third-order valence-electron chi connectivity index (χ3n) is 4.66. The molecule has 0 spiro atoms. The summed E-state index contributed by atoms with van der Waals surface area (Å²) < 4.78 is 44.5. The molecule has 0 aliphatic carbocycles. The Morgan fingerprint density at radius 2 is 1.82 bits per heavy atom. The van der Waals surface area contributed by atoms with Gasteiger partial charge in [-0.15, -0.1) is 0 Å². The van der Waals surface area contributed by atoms with Gasteiger partial charge < -0.3 is 4.74 Å². The molecule has 0 amide bonds. The van der Waals surface area contributed by atoms with Gasteiger partial charge in [0, 0.05) is 5.57 Å². The maximum Gasteiger partial charge on any atom is 0.454 e. The van der Waals surface area contributed by atoms with Gasteiger partial charge in [0.25, 0.3) is 5.78 Å². The van der Waals surface area contributed by atoms with E-state index in [9.17, 15) is 18.0 Å². The lowest BCUT2D eigenvalue weighted by Gasteiger charge is -2.17. The van der Waals surface area contributed by atoms with Gasteiger partial charge in [-0.1, -0.05) is 62.7 Å². The van der Waals surface area contributed by atoms with E-state index >= 15 is 0 Å². The molecular weight excluding hydrogens is 365 g/mol. The largest absolute Gasteiger partial charge is 0.497 e. The number of alkyl halides is 3. The van der Waals surface area contributed by atoms with E-state index in [1.165, 1.54) is 18.2 Å². The van der Waals surface area contributed by atoms with Gasteiger partial charge in [0.1, 0.15) is 5.75 Å². The molecule has 0 aromatic heterocycles. The van der Waals surface area contributed by atoms with Crippen molar-refractivity contribution in [2.45, 2.75) is 45.2 Å². The van der Waals surface area contributed by atoms with E-state index in [0.717, 1.165) is 29.7 Å². The first-order valence-electron chi connectivity index (χ1n) is 9.31. The van der Waals surface area contributed by atoms with Crippen LogP contribution in [0.2, 0.25) is 0 Å². The second-order valence-electron chi connectivity index (χ2n) is 6.76. The van der Waals surface area contributed by atoms with Gasteiger partial charge in [0.05, 0.1) is 7.11 Å². The number of carbonyl (C=O) groups excluding carboxylic acids is 1. The fourth-order valence-corrected chi connectivity index (χ4v) is 3.21. The Bertz CT molecular complexity index is 823. The molecule has 150 valence electrons. The molecule has 1 atom stereocenters. The molecule has 0 saturated carbocycles. The van der Waals surface area contributed by atoms with Crippen LogP contribution in [0, 0.1) is 0 Å². The van der Waals surface area contributed by atoms with E-state index in [1.54, 1.807) is 25.3 Å². The van der Waals surface area contributed by atoms with Gasteiger partial charge in [-0.25, -0.2) is 0 Å². The molecule has 28 heavy (non-hydrogen) atoms. The topological polar surface area (TPSA) is 26.3 Å². The van der Waals surface area contributed by atoms with Crippen LogP contribution in [0.3, 0.4) is 0 Å². The Kier molecular flexibility index (Phi) is 7.44. The number of hydrogen-bond donors (Lipinski definition) is 0. The Morgan fingerprint density at radius 3 is 2.39 bits per heavy atom. The first-order valence-corrected chi connectivity index (χ1v) is 9.31. The third-order valence-corrected chi connectivity index (χ3v) is 4.66. The van der Waals surface area contributed by atoms with E-state index in [1.807, 2.05) is 25.1 Å². The summed E-state index contributed by atoms with van der Waals surface area (Å²) in [7, 11) is 1.60. The highest BCUT2D eigenvalue weighted by atomic mass is 19.4. The van der Waals surface area contributed by atoms with Crippen LogP contribution < -0.4 is 4.74 Å². The number of ketones is 1. The number of rotatable bonds is 8. The molecule has 0 aliphatic heterocycles. The number of ether oxygens (including phenoxy) is 1. The van der Waals surface area contributed by atoms with Crippen LogP contribution in [0.5, 0.6) is 5.75 Å². The fraction of sp³-hybridized carbons (Fsp3) is 0.348. The van der Waals surface area contributed by atoms with E-state index in [2.05, 4.69) is 6.92 Å². The summed E-state index contributed by atoms with van der Waals surface area (Å²) in [4.78, 5) is 12.0. The van der Waals surface area contributed by atoms with Gasteiger partial charge in [-0.3, -0.25) is 4.79 Å². The smallest absolute Gasteiger partial charge is 0.454 e. The minimum Gasteiger partial charge on any atom is -0.497 e. The van der Waals surface area contributed by atoms with Gasteiger partial charge >= 0.3 is 6.18 Å². The van der Waals surface area contributed by atoms with Crippen molar-refractivity contribution in [3.8, 4) is 5.75 Å². The van der Waals surface area contributed by atoms with Gasteiger partial charge in [0.2, 0.25) is 0 Å². The first kappa shape index (κ1) is 21.7. The van der Waals surface area contributed by atoms with Gasteiger partial charge in [-0.2, -0.15) is 13.2 Å². The van der Waals surface area contributed by atoms with Crippen molar-refractivity contribution < 1.29 is 22.7 Å². The number of hydrogen-bond acceptors (Lipinski definition) is 2. The summed E-state index contributed by atoms with van der Waals surface area (Å²) in [5.41, 5.74) is 2.16. The summed E-state index contributed by atoms with van der Waals surface area (Å²) in [6, 6.07) is 13.8. The molecule has 5 heteroatoms. The van der Waals surface area contributed by atoms with Crippen molar-refractivity contribution in [2.24, 2.45) is 0 Å². The summed E-state index contributed by atoms with van der Waals surface area (Å²) in [6.07, 6.45) is -1.36. The summed E-state index contributed by atoms with van der Waals surface area (Å²) in [5, 5.41) is 0. The predicted octanol–water partition coefficient (Wildman–Crippen LogP) is 6.36. The quantitative estimate of drug-likeness (QED) is 0.491.